The van der Waals surface area contributed by atoms with Crippen LogP contribution in [0.15, 0.2) is 60.7 Å². The predicted molar refractivity (Wildman–Crippen MR) is 141 cm³/mol. The molecule has 6 heteroatoms. The van der Waals surface area contributed by atoms with Crippen molar-refractivity contribution in [3.63, 3.8) is 0 Å². The third kappa shape index (κ3) is 6.52. The Morgan fingerprint density at radius 2 is 1.59 bits per heavy atom. The Labute approximate surface area is 212 Å². The molecule has 1 N–H and O–H groups in total. The van der Waals surface area contributed by atoms with Crippen molar-refractivity contribution in [1.82, 2.24) is 10.2 Å². The Kier molecular flexibility index (Phi) is 9.37. The van der Waals surface area contributed by atoms with Gasteiger partial charge in [-0.3, -0.25) is 9.59 Å². The van der Waals surface area contributed by atoms with Crippen molar-refractivity contribution in [2.45, 2.75) is 52.6 Å². The van der Waals surface area contributed by atoms with Gasteiger partial charge in [-0.05, 0) is 47.2 Å². The second-order valence-corrected chi connectivity index (χ2v) is 9.74. The average Bonchev–Trinajstić information content (AvgIpc) is 2.82. The summed E-state index contributed by atoms with van der Waals surface area (Å²) >= 11 is 12.8. The fourth-order valence-electron chi connectivity index (χ4n) is 4.09. The van der Waals surface area contributed by atoms with E-state index in [0.29, 0.717) is 40.9 Å². The van der Waals surface area contributed by atoms with E-state index in [-0.39, 0.29) is 24.8 Å². The molecule has 0 spiro atoms. The lowest BCUT2D eigenvalue weighted by Gasteiger charge is -2.31. The number of rotatable bonds is 10. The summed E-state index contributed by atoms with van der Waals surface area (Å²) in [5.41, 5.74) is 1.76. The Hall–Kier alpha value is -2.56. The Morgan fingerprint density at radius 3 is 2.26 bits per heavy atom. The lowest BCUT2D eigenvalue weighted by atomic mass is 10.00. The highest BCUT2D eigenvalue weighted by Gasteiger charge is 2.29. The van der Waals surface area contributed by atoms with Crippen LogP contribution in [0.3, 0.4) is 0 Å². The number of aryl methyl sites for hydroxylation is 1. The molecule has 0 aromatic heterocycles. The zero-order chi connectivity index (χ0) is 24.7. The zero-order valence-corrected chi connectivity index (χ0v) is 21.5. The van der Waals surface area contributed by atoms with E-state index >= 15 is 0 Å². The Morgan fingerprint density at radius 1 is 0.941 bits per heavy atom. The Balaban J connectivity index is 1.86. The van der Waals surface area contributed by atoms with Crippen LogP contribution in [0.1, 0.15) is 44.7 Å². The molecule has 34 heavy (non-hydrogen) atoms. The van der Waals surface area contributed by atoms with Crippen molar-refractivity contribution in [3.8, 4) is 0 Å². The highest BCUT2D eigenvalue weighted by Crippen LogP contribution is 2.28. The van der Waals surface area contributed by atoms with Crippen molar-refractivity contribution in [2.75, 3.05) is 6.54 Å². The number of nitrogens with zero attached hydrogens (tertiary/aromatic N) is 1. The molecule has 180 valence electrons. The van der Waals surface area contributed by atoms with Gasteiger partial charge in [0.15, 0.2) is 0 Å². The number of amides is 2. The van der Waals surface area contributed by atoms with Gasteiger partial charge in [0.2, 0.25) is 11.8 Å². The highest BCUT2D eigenvalue weighted by atomic mass is 35.5. The molecule has 0 heterocycles. The number of nitrogens with one attached hydrogen (secondary N) is 1. The molecule has 0 unspecified atom stereocenters. The SMILES string of the molecule is CC[C@H](C(=O)NCC(C)C)N(Cc1c(Cl)cccc1Cl)C(=O)CCc1cccc2ccccc12. The van der Waals surface area contributed by atoms with Crippen molar-refractivity contribution >= 4 is 45.8 Å². The van der Waals surface area contributed by atoms with Crippen LogP contribution in [0, 0.1) is 5.92 Å². The van der Waals surface area contributed by atoms with E-state index in [1.807, 2.05) is 39.0 Å². The maximum Gasteiger partial charge on any atom is 0.242 e. The van der Waals surface area contributed by atoms with Gasteiger partial charge in [0.05, 0.1) is 0 Å². The van der Waals surface area contributed by atoms with Crippen LogP contribution in [0.2, 0.25) is 10.0 Å². The van der Waals surface area contributed by atoms with Gasteiger partial charge in [-0.1, -0.05) is 92.5 Å². The second-order valence-electron chi connectivity index (χ2n) is 8.92. The molecular formula is C28H32Cl2N2O2. The largest absolute Gasteiger partial charge is 0.354 e. The van der Waals surface area contributed by atoms with Gasteiger partial charge in [-0.2, -0.15) is 0 Å². The fraction of sp³-hybridized carbons (Fsp3) is 0.357. The molecule has 0 saturated carbocycles. The summed E-state index contributed by atoms with van der Waals surface area (Å²) in [4.78, 5) is 28.3. The first-order valence-corrected chi connectivity index (χ1v) is 12.5. The highest BCUT2D eigenvalue weighted by molar-refractivity contribution is 6.36. The van der Waals surface area contributed by atoms with Crippen molar-refractivity contribution in [1.29, 1.82) is 0 Å². The van der Waals surface area contributed by atoms with Crippen LogP contribution in [0.4, 0.5) is 0 Å². The number of hydrogen-bond acceptors (Lipinski definition) is 2. The van der Waals surface area contributed by atoms with E-state index in [1.165, 1.54) is 0 Å². The normalized spacial score (nSPS) is 12.1. The number of benzene rings is 3. The van der Waals surface area contributed by atoms with Crippen LogP contribution in [-0.2, 0) is 22.6 Å². The summed E-state index contributed by atoms with van der Waals surface area (Å²) in [6.07, 6.45) is 1.35. The molecule has 0 saturated heterocycles. The number of fused-ring (bicyclic) bond motifs is 1. The number of carbonyl (C=O) groups is 2. The molecule has 4 nitrogen and oxygen atoms in total. The van der Waals surface area contributed by atoms with Crippen LogP contribution in [0.25, 0.3) is 10.8 Å². The summed E-state index contributed by atoms with van der Waals surface area (Å²) in [7, 11) is 0. The molecule has 0 bridgehead atoms. The molecule has 3 aromatic carbocycles. The topological polar surface area (TPSA) is 49.4 Å². The monoisotopic (exact) mass is 498 g/mol. The number of hydrogen-bond donors (Lipinski definition) is 1. The fourth-order valence-corrected chi connectivity index (χ4v) is 4.61. The zero-order valence-electron chi connectivity index (χ0n) is 20.0. The summed E-state index contributed by atoms with van der Waals surface area (Å²) in [5.74, 6) is 0.0586. The standard InChI is InChI=1S/C28H32Cl2N2O2/c1-4-26(28(34)31-17-19(2)3)32(18-23-24(29)13-8-14-25(23)30)27(33)16-15-21-11-7-10-20-9-5-6-12-22(20)21/h5-14,19,26H,4,15-18H2,1-3H3,(H,31,34)/t26-/m1/s1. The summed E-state index contributed by atoms with van der Waals surface area (Å²) in [6.45, 7) is 6.73. The lowest BCUT2D eigenvalue weighted by molar-refractivity contribution is -0.141. The van der Waals surface area contributed by atoms with Crippen LogP contribution in [0.5, 0.6) is 0 Å². The minimum Gasteiger partial charge on any atom is -0.354 e. The molecule has 1 atom stereocenters. The maximum atomic E-state index is 13.6. The first-order valence-electron chi connectivity index (χ1n) is 11.8. The van der Waals surface area contributed by atoms with Gasteiger partial charge in [0, 0.05) is 35.1 Å². The summed E-state index contributed by atoms with van der Waals surface area (Å²) in [6, 6.07) is 19.0. The van der Waals surface area contributed by atoms with Gasteiger partial charge < -0.3 is 10.2 Å². The number of carbonyl (C=O) groups excluding carboxylic acids is 2. The average molecular weight is 499 g/mol. The second kappa shape index (κ2) is 12.2. The van der Waals surface area contributed by atoms with E-state index in [2.05, 4.69) is 29.6 Å². The van der Waals surface area contributed by atoms with Crippen LogP contribution < -0.4 is 5.32 Å². The van der Waals surface area contributed by atoms with E-state index in [9.17, 15) is 9.59 Å². The van der Waals surface area contributed by atoms with E-state index in [0.717, 1.165) is 16.3 Å². The van der Waals surface area contributed by atoms with Gasteiger partial charge in [-0.25, -0.2) is 0 Å². The summed E-state index contributed by atoms with van der Waals surface area (Å²) < 4.78 is 0. The molecule has 0 aliphatic carbocycles. The lowest BCUT2D eigenvalue weighted by Crippen LogP contribution is -2.49. The van der Waals surface area contributed by atoms with Gasteiger partial charge >= 0.3 is 0 Å². The summed E-state index contributed by atoms with van der Waals surface area (Å²) in [5, 5.41) is 6.23. The maximum absolute atomic E-state index is 13.6. The van der Waals surface area contributed by atoms with Gasteiger partial charge in [0.25, 0.3) is 0 Å². The molecule has 3 rings (SSSR count). The van der Waals surface area contributed by atoms with Crippen molar-refractivity contribution in [2.24, 2.45) is 5.92 Å². The molecule has 0 aliphatic rings. The smallest absolute Gasteiger partial charge is 0.242 e. The predicted octanol–water partition coefficient (Wildman–Crippen LogP) is 6.66. The van der Waals surface area contributed by atoms with Crippen LogP contribution >= 0.6 is 23.2 Å². The quantitative estimate of drug-likeness (QED) is 0.339. The van der Waals surface area contributed by atoms with Gasteiger partial charge in [0.1, 0.15) is 6.04 Å². The van der Waals surface area contributed by atoms with E-state index in [1.54, 1.807) is 23.1 Å². The minimum absolute atomic E-state index is 0.101. The van der Waals surface area contributed by atoms with Gasteiger partial charge in [-0.15, -0.1) is 0 Å². The molecule has 0 radical (unpaired) electrons. The molecular weight excluding hydrogens is 467 g/mol. The van der Waals surface area contributed by atoms with Crippen molar-refractivity contribution < 1.29 is 9.59 Å². The van der Waals surface area contributed by atoms with Crippen molar-refractivity contribution in [3.05, 3.63) is 81.8 Å². The molecule has 3 aromatic rings. The third-order valence-corrected chi connectivity index (χ3v) is 6.66. The third-order valence-electron chi connectivity index (χ3n) is 5.95. The first-order chi connectivity index (χ1) is 16.3. The first kappa shape index (κ1) is 26.1. The number of halogens is 2. The van der Waals surface area contributed by atoms with E-state index in [4.69, 9.17) is 23.2 Å². The minimum atomic E-state index is -0.605. The van der Waals surface area contributed by atoms with E-state index < -0.39 is 6.04 Å². The molecule has 0 fully saturated rings. The van der Waals surface area contributed by atoms with Crippen LogP contribution in [-0.4, -0.2) is 29.3 Å². The molecule has 0 aliphatic heterocycles. The Bertz CT molecular complexity index is 1120. The molecule has 2 amide bonds.